The number of para-hydroxylation sites is 1. The van der Waals surface area contributed by atoms with Crippen molar-refractivity contribution in [2.45, 2.75) is 13.0 Å². The molecule has 2 N–H and O–H groups in total. The summed E-state index contributed by atoms with van der Waals surface area (Å²) < 4.78 is 0. The van der Waals surface area contributed by atoms with Gasteiger partial charge in [0.1, 0.15) is 0 Å². The number of nitrogens with one attached hydrogen (secondary N) is 2. The minimum Gasteiger partial charge on any atom is -0.325 e. The van der Waals surface area contributed by atoms with E-state index in [1.807, 2.05) is 55.5 Å². The van der Waals surface area contributed by atoms with Crippen LogP contribution in [0, 0.1) is 6.92 Å². The number of anilines is 1. The molecule has 0 aliphatic carbocycles. The SMILES string of the molecule is Cc1ccccc1NC(=O)CN1CCNCC1c1ccccc1Cl.Cl. The van der Waals surface area contributed by atoms with Crippen LogP contribution in [0.1, 0.15) is 17.2 Å². The lowest BCUT2D eigenvalue weighted by Crippen LogP contribution is -2.48. The fourth-order valence-corrected chi connectivity index (χ4v) is 3.34. The van der Waals surface area contributed by atoms with Crippen LogP contribution >= 0.6 is 24.0 Å². The summed E-state index contributed by atoms with van der Waals surface area (Å²) in [5.41, 5.74) is 3.00. The molecule has 1 aliphatic rings. The molecule has 2 aromatic carbocycles. The summed E-state index contributed by atoms with van der Waals surface area (Å²) >= 11 is 6.35. The van der Waals surface area contributed by atoms with Gasteiger partial charge >= 0.3 is 0 Å². The molecule has 1 aliphatic heterocycles. The minimum absolute atomic E-state index is 0. The number of aryl methyl sites for hydroxylation is 1. The summed E-state index contributed by atoms with van der Waals surface area (Å²) in [6.45, 7) is 4.83. The first-order valence-corrected chi connectivity index (χ1v) is 8.57. The first-order chi connectivity index (χ1) is 11.6. The highest BCUT2D eigenvalue weighted by molar-refractivity contribution is 6.31. The number of nitrogens with zero attached hydrogens (tertiary/aromatic N) is 1. The Morgan fingerprint density at radius 1 is 1.24 bits per heavy atom. The van der Waals surface area contributed by atoms with Crippen LogP contribution < -0.4 is 10.6 Å². The van der Waals surface area contributed by atoms with Gasteiger partial charge in [-0.1, -0.05) is 48.0 Å². The second-order valence-electron chi connectivity index (χ2n) is 6.08. The summed E-state index contributed by atoms with van der Waals surface area (Å²) in [5.74, 6) is 0.00301. The molecule has 1 heterocycles. The van der Waals surface area contributed by atoms with E-state index in [2.05, 4.69) is 15.5 Å². The number of rotatable bonds is 4. The highest BCUT2D eigenvalue weighted by Crippen LogP contribution is 2.28. The molecule has 0 aromatic heterocycles. The Morgan fingerprint density at radius 2 is 1.96 bits per heavy atom. The number of amides is 1. The van der Waals surface area contributed by atoms with Crippen molar-refractivity contribution in [3.8, 4) is 0 Å². The molecule has 0 spiro atoms. The molecular formula is C19H23Cl2N3O. The van der Waals surface area contributed by atoms with Gasteiger partial charge < -0.3 is 10.6 Å². The highest BCUT2D eigenvalue weighted by Gasteiger charge is 2.26. The first-order valence-electron chi connectivity index (χ1n) is 8.20. The molecule has 3 rings (SSSR count). The third kappa shape index (κ3) is 4.95. The number of halogens is 2. The zero-order chi connectivity index (χ0) is 16.9. The fraction of sp³-hybridized carbons (Fsp3) is 0.316. The van der Waals surface area contributed by atoms with Crippen LogP contribution in [0.5, 0.6) is 0 Å². The molecule has 0 bridgehead atoms. The summed E-state index contributed by atoms with van der Waals surface area (Å²) in [6, 6.07) is 15.8. The van der Waals surface area contributed by atoms with Crippen LogP contribution in [-0.4, -0.2) is 37.0 Å². The Morgan fingerprint density at radius 3 is 2.72 bits per heavy atom. The largest absolute Gasteiger partial charge is 0.325 e. The summed E-state index contributed by atoms with van der Waals surface area (Å²) in [6.07, 6.45) is 0. The van der Waals surface area contributed by atoms with Crippen molar-refractivity contribution in [2.75, 3.05) is 31.5 Å². The van der Waals surface area contributed by atoms with E-state index in [9.17, 15) is 4.79 Å². The van der Waals surface area contributed by atoms with E-state index < -0.39 is 0 Å². The highest BCUT2D eigenvalue weighted by atomic mass is 35.5. The number of hydrogen-bond acceptors (Lipinski definition) is 3. The van der Waals surface area contributed by atoms with Crippen LogP contribution in [0.3, 0.4) is 0 Å². The normalized spacial score (nSPS) is 17.6. The van der Waals surface area contributed by atoms with Gasteiger partial charge in [-0.3, -0.25) is 9.69 Å². The van der Waals surface area contributed by atoms with Gasteiger partial charge in [-0.25, -0.2) is 0 Å². The fourth-order valence-electron chi connectivity index (χ4n) is 3.07. The lowest BCUT2D eigenvalue weighted by atomic mass is 10.0. The molecule has 1 atom stereocenters. The summed E-state index contributed by atoms with van der Waals surface area (Å²) in [4.78, 5) is 14.7. The van der Waals surface area contributed by atoms with Gasteiger partial charge in [0.25, 0.3) is 0 Å². The van der Waals surface area contributed by atoms with Crippen molar-refractivity contribution < 1.29 is 4.79 Å². The molecule has 1 fully saturated rings. The van der Waals surface area contributed by atoms with Gasteiger partial charge in [0.05, 0.1) is 6.54 Å². The van der Waals surface area contributed by atoms with E-state index in [4.69, 9.17) is 11.6 Å². The van der Waals surface area contributed by atoms with Gasteiger partial charge in [-0.15, -0.1) is 12.4 Å². The molecule has 2 aromatic rings. The zero-order valence-electron chi connectivity index (χ0n) is 14.2. The predicted octanol–water partition coefficient (Wildman–Crippen LogP) is 3.66. The molecular weight excluding hydrogens is 357 g/mol. The standard InChI is InChI=1S/C19H22ClN3O.ClH/c1-14-6-2-5-9-17(14)22-19(24)13-23-11-10-21-12-18(23)15-7-3-4-8-16(15)20;/h2-9,18,21H,10-13H2,1H3,(H,22,24);1H. The van der Waals surface area contributed by atoms with Gasteiger partial charge in [0, 0.05) is 36.4 Å². The molecule has 1 amide bonds. The third-order valence-corrected chi connectivity index (χ3v) is 4.73. The van der Waals surface area contributed by atoms with Crippen molar-refractivity contribution >= 4 is 35.6 Å². The summed E-state index contributed by atoms with van der Waals surface area (Å²) in [5, 5.41) is 7.15. The lowest BCUT2D eigenvalue weighted by Gasteiger charge is -2.36. The molecule has 1 unspecified atom stereocenters. The Labute approximate surface area is 160 Å². The molecule has 6 heteroatoms. The second kappa shape index (κ2) is 9.20. The van der Waals surface area contributed by atoms with E-state index in [0.717, 1.165) is 41.5 Å². The van der Waals surface area contributed by atoms with Crippen molar-refractivity contribution in [1.29, 1.82) is 0 Å². The number of hydrogen-bond donors (Lipinski definition) is 2. The average Bonchev–Trinajstić information content (AvgIpc) is 2.58. The second-order valence-corrected chi connectivity index (χ2v) is 6.48. The lowest BCUT2D eigenvalue weighted by molar-refractivity contribution is -0.118. The van der Waals surface area contributed by atoms with Crippen LogP contribution in [0.4, 0.5) is 5.69 Å². The molecule has 0 radical (unpaired) electrons. The number of piperazine rings is 1. The quantitative estimate of drug-likeness (QED) is 0.851. The molecule has 0 saturated carbocycles. The van der Waals surface area contributed by atoms with Crippen molar-refractivity contribution in [1.82, 2.24) is 10.2 Å². The Bertz CT molecular complexity index is 723. The van der Waals surface area contributed by atoms with Crippen LogP contribution in [-0.2, 0) is 4.79 Å². The molecule has 4 nitrogen and oxygen atoms in total. The molecule has 134 valence electrons. The zero-order valence-corrected chi connectivity index (χ0v) is 15.7. The Hall–Kier alpha value is -1.59. The molecule has 1 saturated heterocycles. The number of benzene rings is 2. The number of carbonyl (C=O) groups is 1. The third-order valence-electron chi connectivity index (χ3n) is 4.38. The minimum atomic E-state index is 0. The van der Waals surface area contributed by atoms with Crippen molar-refractivity contribution in [3.63, 3.8) is 0 Å². The maximum absolute atomic E-state index is 12.5. The Balaban J connectivity index is 0.00000225. The van der Waals surface area contributed by atoms with E-state index in [0.29, 0.717) is 6.54 Å². The monoisotopic (exact) mass is 379 g/mol. The van der Waals surface area contributed by atoms with E-state index in [1.165, 1.54) is 0 Å². The van der Waals surface area contributed by atoms with Crippen LogP contribution in [0.15, 0.2) is 48.5 Å². The van der Waals surface area contributed by atoms with E-state index in [1.54, 1.807) is 0 Å². The predicted molar refractivity (Wildman–Crippen MR) is 106 cm³/mol. The topological polar surface area (TPSA) is 44.4 Å². The van der Waals surface area contributed by atoms with Crippen molar-refractivity contribution in [2.24, 2.45) is 0 Å². The van der Waals surface area contributed by atoms with Gasteiger partial charge in [-0.2, -0.15) is 0 Å². The van der Waals surface area contributed by atoms with E-state index in [-0.39, 0.29) is 24.4 Å². The van der Waals surface area contributed by atoms with Gasteiger partial charge in [0.2, 0.25) is 5.91 Å². The van der Waals surface area contributed by atoms with Crippen LogP contribution in [0.25, 0.3) is 0 Å². The van der Waals surface area contributed by atoms with E-state index >= 15 is 0 Å². The van der Waals surface area contributed by atoms with Gasteiger partial charge in [0.15, 0.2) is 0 Å². The number of carbonyl (C=O) groups excluding carboxylic acids is 1. The summed E-state index contributed by atoms with van der Waals surface area (Å²) in [7, 11) is 0. The maximum Gasteiger partial charge on any atom is 0.238 e. The maximum atomic E-state index is 12.5. The first kappa shape index (κ1) is 19.7. The molecule has 25 heavy (non-hydrogen) atoms. The smallest absolute Gasteiger partial charge is 0.238 e. The van der Waals surface area contributed by atoms with Gasteiger partial charge in [-0.05, 0) is 30.2 Å². The Kier molecular flexibility index (Phi) is 7.26. The van der Waals surface area contributed by atoms with Crippen molar-refractivity contribution in [3.05, 3.63) is 64.7 Å². The average molecular weight is 380 g/mol. The van der Waals surface area contributed by atoms with Crippen LogP contribution in [0.2, 0.25) is 5.02 Å².